The Morgan fingerprint density at radius 3 is 2.84 bits per heavy atom. The molecular weight excluding hydrogens is 272 g/mol. The minimum absolute atomic E-state index is 0.234. The molecule has 0 saturated heterocycles. The molecule has 4 heteroatoms. The van der Waals surface area contributed by atoms with Gasteiger partial charge in [0.05, 0.1) is 6.04 Å². The number of fused-ring (bicyclic) bond motifs is 1. The topological polar surface area (TPSA) is 38.0 Å². The average molecular weight is 288 g/mol. The molecule has 0 aliphatic rings. The zero-order valence-corrected chi connectivity index (χ0v) is 12.1. The maximum Gasteiger partial charge on any atom is 0.0556 e. The quantitative estimate of drug-likeness (QED) is 0.548. The second-order valence-corrected chi connectivity index (χ2v) is 6.47. The van der Waals surface area contributed by atoms with Crippen molar-refractivity contribution in [1.29, 1.82) is 0 Å². The molecule has 98 valence electrons. The number of hydrogen-bond acceptors (Lipinski definition) is 4. The maximum absolute atomic E-state index is 5.73. The highest BCUT2D eigenvalue weighted by atomic mass is 32.1. The molecule has 3 N–H and O–H groups in total. The molecule has 2 aromatic heterocycles. The molecule has 0 aliphatic carbocycles. The number of nitrogens with two attached hydrogens (primary N) is 1. The van der Waals surface area contributed by atoms with Crippen LogP contribution in [0.5, 0.6) is 0 Å². The smallest absolute Gasteiger partial charge is 0.0556 e. The summed E-state index contributed by atoms with van der Waals surface area (Å²) in [6.07, 6.45) is 2.09. The lowest BCUT2D eigenvalue weighted by Crippen LogP contribution is -2.27. The van der Waals surface area contributed by atoms with E-state index in [2.05, 4.69) is 52.6 Å². The van der Waals surface area contributed by atoms with Crippen molar-refractivity contribution in [2.45, 2.75) is 18.9 Å². The highest BCUT2D eigenvalue weighted by molar-refractivity contribution is 7.19. The number of hydrazine groups is 1. The molecule has 0 bridgehead atoms. The Kier molecular flexibility index (Phi) is 3.94. The number of aryl methyl sites for hydroxylation is 1. The van der Waals surface area contributed by atoms with Crippen molar-refractivity contribution in [2.75, 3.05) is 0 Å². The lowest BCUT2D eigenvalue weighted by atomic mass is 10.1. The van der Waals surface area contributed by atoms with Crippen LogP contribution in [0.2, 0.25) is 0 Å². The first-order chi connectivity index (χ1) is 9.36. The number of benzene rings is 1. The monoisotopic (exact) mass is 288 g/mol. The molecule has 1 unspecified atom stereocenters. The molecular formula is C15H16N2S2. The molecule has 0 aliphatic heterocycles. The molecule has 0 amide bonds. The summed E-state index contributed by atoms with van der Waals surface area (Å²) in [4.78, 5) is 1.32. The van der Waals surface area contributed by atoms with Gasteiger partial charge in [-0.25, -0.2) is 0 Å². The summed E-state index contributed by atoms with van der Waals surface area (Å²) in [5.74, 6) is 5.73. The molecule has 2 heterocycles. The van der Waals surface area contributed by atoms with Gasteiger partial charge in [-0.3, -0.25) is 11.3 Å². The summed E-state index contributed by atoms with van der Waals surface area (Å²) in [6, 6.07) is 13.1. The van der Waals surface area contributed by atoms with Gasteiger partial charge in [0.2, 0.25) is 0 Å². The summed E-state index contributed by atoms with van der Waals surface area (Å²) in [5, 5.41) is 5.64. The van der Waals surface area contributed by atoms with Crippen molar-refractivity contribution in [3.05, 3.63) is 57.6 Å². The molecule has 3 aromatic rings. The number of rotatable bonds is 5. The van der Waals surface area contributed by atoms with E-state index in [0.29, 0.717) is 0 Å². The summed E-state index contributed by atoms with van der Waals surface area (Å²) >= 11 is 3.58. The second-order valence-electron chi connectivity index (χ2n) is 4.58. The van der Waals surface area contributed by atoms with Gasteiger partial charge in [-0.05, 0) is 52.8 Å². The highest BCUT2D eigenvalue weighted by Crippen LogP contribution is 2.31. The summed E-state index contributed by atoms with van der Waals surface area (Å²) in [5.41, 5.74) is 4.35. The van der Waals surface area contributed by atoms with Crippen LogP contribution >= 0.6 is 22.7 Å². The van der Waals surface area contributed by atoms with Gasteiger partial charge in [-0.2, -0.15) is 11.3 Å². The van der Waals surface area contributed by atoms with Gasteiger partial charge in [-0.1, -0.05) is 18.2 Å². The standard InChI is InChI=1S/C15H16N2S2/c16-17-13(6-5-11-7-8-18-10-11)15-9-12-3-1-2-4-14(12)19-15/h1-4,7-10,13,17H,5-6,16H2. The zero-order chi connectivity index (χ0) is 13.1. The summed E-state index contributed by atoms with van der Waals surface area (Å²) < 4.78 is 1.33. The molecule has 1 aromatic carbocycles. The number of hydrogen-bond donors (Lipinski definition) is 2. The average Bonchev–Trinajstić information content (AvgIpc) is 3.08. The third kappa shape index (κ3) is 2.87. The molecule has 1 atom stereocenters. The lowest BCUT2D eigenvalue weighted by molar-refractivity contribution is 0.524. The Labute approximate surface area is 120 Å². The normalized spacial score (nSPS) is 12.9. The highest BCUT2D eigenvalue weighted by Gasteiger charge is 2.13. The van der Waals surface area contributed by atoms with Crippen molar-refractivity contribution in [2.24, 2.45) is 5.84 Å². The Morgan fingerprint density at radius 1 is 1.21 bits per heavy atom. The predicted molar refractivity (Wildman–Crippen MR) is 84.5 cm³/mol. The van der Waals surface area contributed by atoms with Crippen molar-refractivity contribution in [3.8, 4) is 0 Å². The number of thiophene rings is 2. The third-order valence-electron chi connectivity index (χ3n) is 3.29. The van der Waals surface area contributed by atoms with Gasteiger partial charge in [0.25, 0.3) is 0 Å². The van der Waals surface area contributed by atoms with Gasteiger partial charge < -0.3 is 0 Å². The first-order valence-electron chi connectivity index (χ1n) is 6.32. The molecule has 3 rings (SSSR count). The molecule has 0 radical (unpaired) electrons. The molecule has 19 heavy (non-hydrogen) atoms. The van der Waals surface area contributed by atoms with Gasteiger partial charge >= 0.3 is 0 Å². The fraction of sp³-hybridized carbons (Fsp3) is 0.200. The van der Waals surface area contributed by atoms with E-state index in [1.165, 1.54) is 20.5 Å². The molecule has 2 nitrogen and oxygen atoms in total. The van der Waals surface area contributed by atoms with Crippen LogP contribution in [0.25, 0.3) is 10.1 Å². The second kappa shape index (κ2) is 5.84. The van der Waals surface area contributed by atoms with Gasteiger partial charge in [0.15, 0.2) is 0 Å². The fourth-order valence-electron chi connectivity index (χ4n) is 2.23. The van der Waals surface area contributed by atoms with E-state index in [0.717, 1.165) is 12.8 Å². The van der Waals surface area contributed by atoms with Crippen LogP contribution in [0, 0.1) is 0 Å². The first kappa shape index (κ1) is 12.8. The Hall–Kier alpha value is -1.20. The molecule has 0 fully saturated rings. The predicted octanol–water partition coefficient (Wildman–Crippen LogP) is 4.10. The van der Waals surface area contributed by atoms with Crippen LogP contribution in [0.4, 0.5) is 0 Å². The van der Waals surface area contributed by atoms with Crippen LogP contribution in [0.15, 0.2) is 47.2 Å². The van der Waals surface area contributed by atoms with Crippen molar-refractivity contribution >= 4 is 32.8 Å². The summed E-state index contributed by atoms with van der Waals surface area (Å²) in [6.45, 7) is 0. The van der Waals surface area contributed by atoms with E-state index in [4.69, 9.17) is 5.84 Å². The van der Waals surface area contributed by atoms with E-state index in [9.17, 15) is 0 Å². The summed E-state index contributed by atoms with van der Waals surface area (Å²) in [7, 11) is 0. The van der Waals surface area contributed by atoms with Crippen LogP contribution in [-0.2, 0) is 6.42 Å². The van der Waals surface area contributed by atoms with Crippen LogP contribution < -0.4 is 11.3 Å². The van der Waals surface area contributed by atoms with E-state index < -0.39 is 0 Å². The molecule has 0 saturated carbocycles. The first-order valence-corrected chi connectivity index (χ1v) is 8.08. The lowest BCUT2D eigenvalue weighted by Gasteiger charge is -2.13. The number of nitrogens with one attached hydrogen (secondary N) is 1. The van der Waals surface area contributed by atoms with Gasteiger partial charge in [-0.15, -0.1) is 11.3 Å². The van der Waals surface area contributed by atoms with Gasteiger partial charge in [0, 0.05) is 9.58 Å². The minimum atomic E-state index is 0.234. The third-order valence-corrected chi connectivity index (χ3v) is 5.25. The Bertz CT molecular complexity index is 610. The molecule has 0 spiro atoms. The largest absolute Gasteiger partial charge is 0.271 e. The Morgan fingerprint density at radius 2 is 2.11 bits per heavy atom. The van der Waals surface area contributed by atoms with E-state index >= 15 is 0 Å². The zero-order valence-electron chi connectivity index (χ0n) is 10.5. The van der Waals surface area contributed by atoms with E-state index in [1.54, 1.807) is 11.3 Å². The van der Waals surface area contributed by atoms with E-state index in [-0.39, 0.29) is 6.04 Å². The maximum atomic E-state index is 5.73. The van der Waals surface area contributed by atoms with Crippen molar-refractivity contribution in [1.82, 2.24) is 5.43 Å². The minimum Gasteiger partial charge on any atom is -0.271 e. The van der Waals surface area contributed by atoms with Crippen molar-refractivity contribution < 1.29 is 0 Å². The van der Waals surface area contributed by atoms with Gasteiger partial charge in [0.1, 0.15) is 0 Å². The Balaban J connectivity index is 1.77. The van der Waals surface area contributed by atoms with E-state index in [1.807, 2.05) is 11.3 Å². The SMILES string of the molecule is NNC(CCc1ccsc1)c1cc2ccccc2s1. The van der Waals surface area contributed by atoms with Crippen LogP contribution in [-0.4, -0.2) is 0 Å². The van der Waals surface area contributed by atoms with Crippen LogP contribution in [0.1, 0.15) is 22.9 Å². The van der Waals surface area contributed by atoms with Crippen molar-refractivity contribution in [3.63, 3.8) is 0 Å². The van der Waals surface area contributed by atoms with Crippen LogP contribution in [0.3, 0.4) is 0 Å². The fourth-order valence-corrected chi connectivity index (χ4v) is 4.09.